The fraction of sp³-hybridized carbons (Fsp3) is 0.375. The van der Waals surface area contributed by atoms with Gasteiger partial charge in [-0.05, 0) is 69.2 Å². The summed E-state index contributed by atoms with van der Waals surface area (Å²) in [5.74, 6) is 1.02. The number of benzene rings is 1. The van der Waals surface area contributed by atoms with Gasteiger partial charge in [0.15, 0.2) is 0 Å². The lowest BCUT2D eigenvalue weighted by Gasteiger charge is -2.30. The first-order valence-electron chi connectivity index (χ1n) is 10.9. The molecule has 0 spiro atoms. The Morgan fingerprint density at radius 2 is 2.00 bits per heavy atom. The van der Waals surface area contributed by atoms with Gasteiger partial charge in [0.2, 0.25) is 12.2 Å². The molecule has 3 N–H and O–H groups in total. The normalized spacial score (nSPS) is 21.7. The van der Waals surface area contributed by atoms with Crippen LogP contribution in [-0.4, -0.2) is 33.6 Å². The number of rotatable bonds is 4. The molecule has 2 aromatic heterocycles. The Hall–Kier alpha value is -2.90. The van der Waals surface area contributed by atoms with Gasteiger partial charge in [-0.15, -0.1) is 12.4 Å². The number of anilines is 1. The first-order valence-corrected chi connectivity index (χ1v) is 10.9. The minimum absolute atomic E-state index is 0. The first-order chi connectivity index (χ1) is 15.0. The number of aryl methyl sites for hydroxylation is 2. The van der Waals surface area contributed by atoms with Crippen molar-refractivity contribution < 1.29 is 9.32 Å². The molecule has 0 bridgehead atoms. The molecule has 3 heterocycles. The molecule has 5 rings (SSSR count). The minimum Gasteiger partial charge on any atom is -0.359 e. The Morgan fingerprint density at radius 1 is 1.22 bits per heavy atom. The molecule has 32 heavy (non-hydrogen) atoms. The molecular formula is C24H28ClN5O2. The van der Waals surface area contributed by atoms with Crippen LogP contribution in [0.2, 0.25) is 0 Å². The van der Waals surface area contributed by atoms with E-state index in [4.69, 9.17) is 10.3 Å². The van der Waals surface area contributed by atoms with Gasteiger partial charge >= 0.3 is 0 Å². The highest BCUT2D eigenvalue weighted by Gasteiger charge is 2.35. The van der Waals surface area contributed by atoms with E-state index in [0.717, 1.165) is 59.4 Å². The Morgan fingerprint density at radius 3 is 2.66 bits per heavy atom. The number of hydrogen-bond acceptors (Lipinski definition) is 5. The number of nitrogens with two attached hydrogens (primary N) is 1. The Labute approximate surface area is 193 Å². The summed E-state index contributed by atoms with van der Waals surface area (Å²) in [4.78, 5) is 23.0. The highest BCUT2D eigenvalue weighted by molar-refractivity contribution is 6.36. The quantitative estimate of drug-likeness (QED) is 0.566. The zero-order valence-corrected chi connectivity index (χ0v) is 19.1. The van der Waals surface area contributed by atoms with Crippen LogP contribution in [0.15, 0.2) is 35.2 Å². The van der Waals surface area contributed by atoms with E-state index in [2.05, 4.69) is 28.1 Å². The van der Waals surface area contributed by atoms with E-state index in [1.165, 1.54) is 6.39 Å². The zero-order chi connectivity index (χ0) is 21.5. The molecule has 168 valence electrons. The number of aromatic amines is 1. The Bertz CT molecular complexity index is 1140. The van der Waals surface area contributed by atoms with Crippen LogP contribution >= 0.6 is 12.4 Å². The standard InChI is InChI=1S/C24H27N5O2.ClH/c1-14-9-15(2)27-21(14)11-20-19-8-5-17(23-26-13-31-28-23)10-22(19)29(24(20)30)12-16-3-6-18(25)7-4-16;/h5,8-11,13,16,18,27H,3-4,6-7,12,25H2,1-2H3;1H/b20-11-;. The van der Waals surface area contributed by atoms with E-state index < -0.39 is 0 Å². The summed E-state index contributed by atoms with van der Waals surface area (Å²) >= 11 is 0. The van der Waals surface area contributed by atoms with Gasteiger partial charge in [0.25, 0.3) is 5.91 Å². The summed E-state index contributed by atoms with van der Waals surface area (Å²) in [5, 5.41) is 3.96. The lowest BCUT2D eigenvalue weighted by molar-refractivity contribution is -0.113. The summed E-state index contributed by atoms with van der Waals surface area (Å²) in [6, 6.07) is 8.32. The SMILES string of the molecule is Cc1cc(C)c(/C=C2\C(=O)N(CC3CCC(N)CC3)c3cc(-c4ncon4)ccc32)[nH]1.Cl. The number of nitrogens with one attached hydrogen (secondary N) is 1. The van der Waals surface area contributed by atoms with Gasteiger partial charge in [-0.1, -0.05) is 17.3 Å². The van der Waals surface area contributed by atoms with Crippen molar-refractivity contribution in [3.63, 3.8) is 0 Å². The second-order valence-corrected chi connectivity index (χ2v) is 8.79. The molecule has 1 saturated carbocycles. The van der Waals surface area contributed by atoms with Gasteiger partial charge in [0.1, 0.15) is 0 Å². The number of hydrogen-bond donors (Lipinski definition) is 2. The highest BCUT2D eigenvalue weighted by atomic mass is 35.5. The Kier molecular flexibility index (Phi) is 6.22. The number of fused-ring (bicyclic) bond motifs is 1. The summed E-state index contributed by atoms with van der Waals surface area (Å²) in [7, 11) is 0. The van der Waals surface area contributed by atoms with Gasteiger partial charge in [0.05, 0.1) is 11.3 Å². The molecule has 0 saturated heterocycles. The molecule has 1 aromatic carbocycles. The molecular weight excluding hydrogens is 426 g/mol. The fourth-order valence-corrected chi connectivity index (χ4v) is 4.78. The molecule has 1 aliphatic carbocycles. The third-order valence-electron chi connectivity index (χ3n) is 6.48. The van der Waals surface area contributed by atoms with Crippen LogP contribution in [0.4, 0.5) is 5.69 Å². The largest absolute Gasteiger partial charge is 0.359 e. The van der Waals surface area contributed by atoms with Crippen molar-refractivity contribution in [2.75, 3.05) is 11.4 Å². The number of carbonyl (C=O) groups is 1. The van der Waals surface area contributed by atoms with Crippen molar-refractivity contribution in [2.45, 2.75) is 45.6 Å². The summed E-state index contributed by atoms with van der Waals surface area (Å²) in [5.41, 5.74) is 12.7. The maximum absolute atomic E-state index is 13.6. The molecule has 1 amide bonds. The predicted molar refractivity (Wildman–Crippen MR) is 127 cm³/mol. The number of amides is 1. The molecule has 0 atom stereocenters. The maximum atomic E-state index is 13.6. The Balaban J connectivity index is 0.00000245. The number of halogens is 1. The lowest BCUT2D eigenvalue weighted by Crippen LogP contribution is -2.36. The van der Waals surface area contributed by atoms with Crippen LogP contribution in [0.3, 0.4) is 0 Å². The number of carbonyl (C=O) groups excluding carboxylic acids is 1. The average Bonchev–Trinajstić information content (AvgIpc) is 3.45. The van der Waals surface area contributed by atoms with Crippen molar-refractivity contribution >= 4 is 35.7 Å². The predicted octanol–water partition coefficient (Wildman–Crippen LogP) is 4.51. The van der Waals surface area contributed by atoms with Crippen LogP contribution in [-0.2, 0) is 4.79 Å². The van der Waals surface area contributed by atoms with Crippen LogP contribution in [0, 0.1) is 19.8 Å². The van der Waals surface area contributed by atoms with Crippen LogP contribution in [0.25, 0.3) is 23.0 Å². The van der Waals surface area contributed by atoms with E-state index in [1.807, 2.05) is 36.1 Å². The molecule has 7 nitrogen and oxygen atoms in total. The van der Waals surface area contributed by atoms with Crippen molar-refractivity contribution in [1.82, 2.24) is 15.1 Å². The zero-order valence-electron chi connectivity index (χ0n) is 18.3. The monoisotopic (exact) mass is 453 g/mol. The first kappa shape index (κ1) is 22.3. The average molecular weight is 454 g/mol. The molecule has 1 aliphatic heterocycles. The molecule has 3 aromatic rings. The van der Waals surface area contributed by atoms with Crippen molar-refractivity contribution in [1.29, 1.82) is 0 Å². The van der Waals surface area contributed by atoms with E-state index in [0.29, 0.717) is 23.9 Å². The minimum atomic E-state index is 0. The van der Waals surface area contributed by atoms with Gasteiger partial charge in [0, 0.05) is 35.1 Å². The molecule has 1 fully saturated rings. The molecule has 8 heteroatoms. The number of aromatic nitrogens is 3. The van der Waals surface area contributed by atoms with Crippen LogP contribution in [0.1, 0.15) is 48.2 Å². The second kappa shape index (κ2) is 8.92. The lowest BCUT2D eigenvalue weighted by atomic mass is 9.86. The maximum Gasteiger partial charge on any atom is 0.259 e. The van der Waals surface area contributed by atoms with Crippen molar-refractivity contribution in [3.05, 3.63) is 53.2 Å². The van der Waals surface area contributed by atoms with E-state index in [1.54, 1.807) is 0 Å². The van der Waals surface area contributed by atoms with Crippen molar-refractivity contribution in [2.24, 2.45) is 11.7 Å². The highest BCUT2D eigenvalue weighted by Crippen LogP contribution is 2.41. The topological polar surface area (TPSA) is 101 Å². The van der Waals surface area contributed by atoms with Gasteiger partial charge in [-0.3, -0.25) is 4.79 Å². The fourth-order valence-electron chi connectivity index (χ4n) is 4.78. The molecule has 0 unspecified atom stereocenters. The number of H-pyrrole nitrogens is 1. The summed E-state index contributed by atoms with van der Waals surface area (Å²) in [6.07, 6.45) is 7.45. The van der Waals surface area contributed by atoms with Crippen LogP contribution in [0.5, 0.6) is 0 Å². The third-order valence-corrected chi connectivity index (χ3v) is 6.48. The smallest absolute Gasteiger partial charge is 0.259 e. The van der Waals surface area contributed by atoms with E-state index >= 15 is 0 Å². The van der Waals surface area contributed by atoms with E-state index in [-0.39, 0.29) is 24.4 Å². The van der Waals surface area contributed by atoms with Crippen molar-refractivity contribution in [3.8, 4) is 11.4 Å². The second-order valence-electron chi connectivity index (χ2n) is 8.79. The number of nitrogens with zero attached hydrogens (tertiary/aromatic N) is 3. The van der Waals surface area contributed by atoms with Gasteiger partial charge in [-0.25, -0.2) is 0 Å². The molecule has 2 aliphatic rings. The summed E-state index contributed by atoms with van der Waals surface area (Å²) in [6.45, 7) is 4.78. The van der Waals surface area contributed by atoms with Gasteiger partial charge in [-0.2, -0.15) is 4.98 Å². The third kappa shape index (κ3) is 4.10. The molecule has 0 radical (unpaired) electrons. The van der Waals surface area contributed by atoms with Crippen LogP contribution < -0.4 is 10.6 Å². The summed E-state index contributed by atoms with van der Waals surface area (Å²) < 4.78 is 4.91. The van der Waals surface area contributed by atoms with E-state index in [9.17, 15) is 4.79 Å². The van der Waals surface area contributed by atoms with Gasteiger partial charge < -0.3 is 20.1 Å².